The van der Waals surface area contributed by atoms with Crippen LogP contribution >= 0.6 is 0 Å². The summed E-state index contributed by atoms with van der Waals surface area (Å²) >= 11 is 0. The number of aryl methyl sites for hydroxylation is 1. The van der Waals surface area contributed by atoms with Gasteiger partial charge in [-0.25, -0.2) is 0 Å². The molecule has 0 aromatic heterocycles. The van der Waals surface area contributed by atoms with Crippen molar-refractivity contribution in [3.8, 4) is 5.75 Å². The molecule has 18 heavy (non-hydrogen) atoms. The number of hydrogen-bond acceptors (Lipinski definition) is 2. The van der Waals surface area contributed by atoms with Crippen LogP contribution in [0.2, 0.25) is 0 Å². The lowest BCUT2D eigenvalue weighted by Crippen LogP contribution is -2.27. The van der Waals surface area contributed by atoms with Crippen LogP contribution in [0.3, 0.4) is 0 Å². The Kier molecular flexibility index (Phi) is 3.37. The van der Waals surface area contributed by atoms with E-state index in [4.69, 9.17) is 4.74 Å². The summed E-state index contributed by atoms with van der Waals surface area (Å²) in [5.74, 6) is 1.11. The molecule has 1 aromatic rings. The monoisotopic (exact) mass is 243 g/mol. The molecular weight excluding hydrogens is 222 g/mol. The number of hydrogen-bond donors (Lipinski definition) is 0. The lowest BCUT2D eigenvalue weighted by molar-refractivity contribution is 0.300. The first-order valence-corrected chi connectivity index (χ1v) is 6.93. The molecule has 1 heterocycles. The predicted molar refractivity (Wildman–Crippen MR) is 74.2 cm³/mol. The number of rotatable bonds is 3. The molecule has 0 atom stereocenters. The van der Waals surface area contributed by atoms with Crippen molar-refractivity contribution in [1.82, 2.24) is 4.90 Å². The minimum atomic E-state index is 0.751. The summed E-state index contributed by atoms with van der Waals surface area (Å²) in [7, 11) is 2.17. The van der Waals surface area contributed by atoms with Crippen LogP contribution in [0.5, 0.6) is 5.75 Å². The molecule has 0 spiro atoms. The fraction of sp³-hybridized carbons (Fsp3) is 0.500. The summed E-state index contributed by atoms with van der Waals surface area (Å²) in [6.45, 7) is 2.97. The fourth-order valence-electron chi connectivity index (χ4n) is 2.97. The standard InChI is InChI=1S/C16H21NO/c1-17-10-4-5-13(11-17)12-18-16-9-3-7-14-6-2-8-15(14)16/h3,5,7,9H,2,4,6,8,10-12H2,1H3. The molecule has 3 rings (SSSR count). The zero-order valence-electron chi connectivity index (χ0n) is 11.1. The van der Waals surface area contributed by atoms with Crippen molar-refractivity contribution in [2.24, 2.45) is 0 Å². The topological polar surface area (TPSA) is 12.5 Å². The van der Waals surface area contributed by atoms with Crippen molar-refractivity contribution in [3.05, 3.63) is 41.0 Å². The van der Waals surface area contributed by atoms with E-state index in [2.05, 4.69) is 36.2 Å². The lowest BCUT2D eigenvalue weighted by atomic mass is 10.1. The highest BCUT2D eigenvalue weighted by Gasteiger charge is 2.16. The fourth-order valence-corrected chi connectivity index (χ4v) is 2.97. The molecule has 1 aliphatic heterocycles. The van der Waals surface area contributed by atoms with E-state index in [1.54, 1.807) is 0 Å². The van der Waals surface area contributed by atoms with E-state index in [1.165, 1.54) is 42.5 Å². The van der Waals surface area contributed by atoms with Crippen molar-refractivity contribution in [3.63, 3.8) is 0 Å². The third-order valence-corrected chi connectivity index (χ3v) is 3.93. The van der Waals surface area contributed by atoms with Crippen LogP contribution in [-0.2, 0) is 12.8 Å². The van der Waals surface area contributed by atoms with E-state index in [0.29, 0.717) is 0 Å². The number of fused-ring (bicyclic) bond motifs is 1. The zero-order valence-corrected chi connectivity index (χ0v) is 11.1. The van der Waals surface area contributed by atoms with E-state index in [1.807, 2.05) is 0 Å². The average molecular weight is 243 g/mol. The van der Waals surface area contributed by atoms with Gasteiger partial charge in [0.25, 0.3) is 0 Å². The summed E-state index contributed by atoms with van der Waals surface area (Å²) in [5.41, 5.74) is 4.35. The molecule has 96 valence electrons. The second kappa shape index (κ2) is 5.15. The van der Waals surface area contributed by atoms with Crippen LogP contribution in [0.1, 0.15) is 24.0 Å². The molecule has 1 aliphatic carbocycles. The minimum absolute atomic E-state index is 0.751. The van der Waals surface area contributed by atoms with Gasteiger partial charge in [-0.1, -0.05) is 18.2 Å². The molecule has 2 nitrogen and oxygen atoms in total. The highest BCUT2D eigenvalue weighted by Crippen LogP contribution is 2.30. The van der Waals surface area contributed by atoms with Crippen LogP contribution in [0.25, 0.3) is 0 Å². The van der Waals surface area contributed by atoms with Crippen LogP contribution in [0.4, 0.5) is 0 Å². The summed E-state index contributed by atoms with van der Waals surface area (Å²) in [6.07, 6.45) is 7.18. The maximum absolute atomic E-state index is 6.04. The zero-order chi connectivity index (χ0) is 12.4. The quantitative estimate of drug-likeness (QED) is 0.757. The first kappa shape index (κ1) is 11.8. The van der Waals surface area contributed by atoms with Gasteiger partial charge in [0.15, 0.2) is 0 Å². The van der Waals surface area contributed by atoms with Crippen LogP contribution in [-0.4, -0.2) is 31.6 Å². The number of likely N-dealkylation sites (N-methyl/N-ethyl adjacent to an activating group) is 1. The lowest BCUT2D eigenvalue weighted by Gasteiger charge is -2.23. The van der Waals surface area contributed by atoms with Gasteiger partial charge in [-0.15, -0.1) is 0 Å². The number of benzene rings is 1. The Labute approximate surface area is 109 Å². The van der Waals surface area contributed by atoms with Crippen molar-refractivity contribution in [2.75, 3.05) is 26.7 Å². The van der Waals surface area contributed by atoms with E-state index in [-0.39, 0.29) is 0 Å². The van der Waals surface area contributed by atoms with Gasteiger partial charge in [0.2, 0.25) is 0 Å². The van der Waals surface area contributed by atoms with Crippen LogP contribution in [0.15, 0.2) is 29.8 Å². The van der Waals surface area contributed by atoms with Gasteiger partial charge < -0.3 is 9.64 Å². The SMILES string of the molecule is CN1CCC=C(COc2cccc3c2CCC3)C1. The van der Waals surface area contributed by atoms with Gasteiger partial charge >= 0.3 is 0 Å². The number of ether oxygens (including phenoxy) is 1. The summed E-state index contributed by atoms with van der Waals surface area (Å²) in [6, 6.07) is 6.49. The summed E-state index contributed by atoms with van der Waals surface area (Å²) in [4.78, 5) is 2.36. The molecule has 0 fully saturated rings. The van der Waals surface area contributed by atoms with Crippen LogP contribution in [0, 0.1) is 0 Å². The molecule has 0 radical (unpaired) electrons. The highest BCUT2D eigenvalue weighted by atomic mass is 16.5. The molecular formula is C16H21NO. The number of nitrogens with zero attached hydrogens (tertiary/aromatic N) is 1. The van der Waals surface area contributed by atoms with Crippen molar-refractivity contribution in [2.45, 2.75) is 25.7 Å². The Morgan fingerprint density at radius 1 is 1.28 bits per heavy atom. The van der Waals surface area contributed by atoms with Gasteiger partial charge in [0.1, 0.15) is 12.4 Å². The van der Waals surface area contributed by atoms with Crippen molar-refractivity contribution < 1.29 is 4.74 Å². The smallest absolute Gasteiger partial charge is 0.123 e. The maximum atomic E-state index is 6.04. The normalized spacial score (nSPS) is 19.5. The summed E-state index contributed by atoms with van der Waals surface area (Å²) in [5, 5.41) is 0. The molecule has 0 amide bonds. The summed E-state index contributed by atoms with van der Waals surface area (Å²) < 4.78 is 6.04. The first-order valence-electron chi connectivity index (χ1n) is 6.93. The van der Waals surface area contributed by atoms with Crippen molar-refractivity contribution in [1.29, 1.82) is 0 Å². The molecule has 0 saturated heterocycles. The predicted octanol–water partition coefficient (Wildman–Crippen LogP) is 2.82. The van der Waals surface area contributed by atoms with Gasteiger partial charge in [0.05, 0.1) is 0 Å². The maximum Gasteiger partial charge on any atom is 0.123 e. The second-order valence-electron chi connectivity index (χ2n) is 5.42. The molecule has 0 saturated carbocycles. The Hall–Kier alpha value is -1.28. The Morgan fingerprint density at radius 3 is 3.11 bits per heavy atom. The molecule has 0 N–H and O–H groups in total. The molecule has 2 aliphatic rings. The second-order valence-corrected chi connectivity index (χ2v) is 5.42. The van der Waals surface area contributed by atoms with E-state index >= 15 is 0 Å². The highest BCUT2D eigenvalue weighted by molar-refractivity contribution is 5.43. The Bertz CT molecular complexity index is 464. The van der Waals surface area contributed by atoms with Gasteiger partial charge in [-0.2, -0.15) is 0 Å². The largest absolute Gasteiger partial charge is 0.489 e. The Morgan fingerprint density at radius 2 is 2.22 bits per heavy atom. The van der Waals surface area contributed by atoms with E-state index in [9.17, 15) is 0 Å². The van der Waals surface area contributed by atoms with E-state index < -0.39 is 0 Å². The van der Waals surface area contributed by atoms with Crippen molar-refractivity contribution >= 4 is 0 Å². The van der Waals surface area contributed by atoms with Gasteiger partial charge in [0, 0.05) is 13.1 Å². The molecule has 2 heteroatoms. The Balaban J connectivity index is 1.67. The van der Waals surface area contributed by atoms with Gasteiger partial charge in [-0.05, 0) is 55.5 Å². The molecule has 1 aromatic carbocycles. The first-order chi connectivity index (χ1) is 8.83. The molecule has 0 bridgehead atoms. The molecule has 0 unspecified atom stereocenters. The van der Waals surface area contributed by atoms with E-state index in [0.717, 1.165) is 25.3 Å². The minimum Gasteiger partial charge on any atom is -0.489 e. The third-order valence-electron chi connectivity index (χ3n) is 3.93. The third kappa shape index (κ3) is 2.44. The van der Waals surface area contributed by atoms with Gasteiger partial charge in [-0.3, -0.25) is 0 Å². The average Bonchev–Trinajstić information content (AvgIpc) is 2.85. The van der Waals surface area contributed by atoms with Crippen LogP contribution < -0.4 is 4.74 Å².